The van der Waals surface area contributed by atoms with E-state index in [-0.39, 0.29) is 5.91 Å². The summed E-state index contributed by atoms with van der Waals surface area (Å²) in [7, 11) is 2.13. The fraction of sp³-hybridized carbons (Fsp3) is 0.643. The van der Waals surface area contributed by atoms with Gasteiger partial charge in [-0.3, -0.25) is 9.69 Å². The van der Waals surface area contributed by atoms with Crippen LogP contribution in [0.2, 0.25) is 0 Å². The highest BCUT2D eigenvalue weighted by atomic mass is 32.1. The maximum atomic E-state index is 12.5. The number of ether oxygens (including phenoxy) is 1. The smallest absolute Gasteiger partial charge is 0.264 e. The number of amides is 1. The van der Waals surface area contributed by atoms with E-state index in [0.717, 1.165) is 43.1 Å². The normalized spacial score (nSPS) is 28.2. The molecule has 2 aliphatic rings. The van der Waals surface area contributed by atoms with E-state index >= 15 is 0 Å². The van der Waals surface area contributed by atoms with Crippen LogP contribution in [0.3, 0.4) is 0 Å². The average Bonchev–Trinajstić information content (AvgIpc) is 2.84. The lowest BCUT2D eigenvalue weighted by Gasteiger charge is -2.45. The Kier molecular flexibility index (Phi) is 3.60. The fourth-order valence-electron chi connectivity index (χ4n) is 2.96. The molecule has 0 bridgehead atoms. The van der Waals surface area contributed by atoms with Crippen molar-refractivity contribution in [1.29, 1.82) is 0 Å². The van der Waals surface area contributed by atoms with E-state index in [1.165, 1.54) is 0 Å². The van der Waals surface area contributed by atoms with Crippen LogP contribution in [0.25, 0.3) is 0 Å². The van der Waals surface area contributed by atoms with Crippen molar-refractivity contribution in [2.24, 2.45) is 0 Å². The molecule has 1 aromatic heterocycles. The van der Waals surface area contributed by atoms with Crippen LogP contribution in [0, 0.1) is 6.92 Å². The number of hydrogen-bond acceptors (Lipinski definition) is 4. The van der Waals surface area contributed by atoms with Gasteiger partial charge < -0.3 is 9.64 Å². The Bertz CT molecular complexity index is 474. The zero-order chi connectivity index (χ0) is 13.4. The second-order valence-electron chi connectivity index (χ2n) is 5.43. The SMILES string of the molecule is Cc1ccsc1C(=O)N1CC[C@@H]2OCCN(C)[C@@H]2C1. The van der Waals surface area contributed by atoms with Crippen LogP contribution in [0.1, 0.15) is 21.7 Å². The van der Waals surface area contributed by atoms with Crippen molar-refractivity contribution in [3.8, 4) is 0 Å². The standard InChI is InChI=1S/C14H20N2O2S/c1-10-4-8-19-13(10)14(17)16-5-3-12-11(9-16)15(2)6-7-18-12/h4,8,11-12H,3,5-7,9H2,1-2H3/t11-,12+/m1/s1. The number of nitrogens with zero attached hydrogens (tertiary/aromatic N) is 2. The number of rotatable bonds is 1. The van der Waals surface area contributed by atoms with Gasteiger partial charge in [0.25, 0.3) is 5.91 Å². The zero-order valence-corrected chi connectivity index (χ0v) is 12.3. The van der Waals surface area contributed by atoms with E-state index in [0.29, 0.717) is 12.1 Å². The van der Waals surface area contributed by atoms with Gasteiger partial charge in [-0.25, -0.2) is 0 Å². The van der Waals surface area contributed by atoms with Gasteiger partial charge in [-0.1, -0.05) is 0 Å². The first kappa shape index (κ1) is 13.1. The fourth-order valence-corrected chi connectivity index (χ4v) is 3.85. The highest BCUT2D eigenvalue weighted by Gasteiger charge is 2.37. The van der Waals surface area contributed by atoms with E-state index in [1.54, 1.807) is 11.3 Å². The summed E-state index contributed by atoms with van der Waals surface area (Å²) in [6.07, 6.45) is 1.25. The number of piperidine rings is 1. The number of carbonyl (C=O) groups excluding carboxylic acids is 1. The molecule has 2 fully saturated rings. The van der Waals surface area contributed by atoms with Gasteiger partial charge in [-0.15, -0.1) is 11.3 Å². The molecule has 2 saturated heterocycles. The van der Waals surface area contributed by atoms with Gasteiger partial charge in [-0.2, -0.15) is 0 Å². The molecule has 3 rings (SSSR count). The zero-order valence-electron chi connectivity index (χ0n) is 11.5. The van der Waals surface area contributed by atoms with Crippen molar-refractivity contribution in [3.05, 3.63) is 21.9 Å². The van der Waals surface area contributed by atoms with Crippen molar-refractivity contribution < 1.29 is 9.53 Å². The topological polar surface area (TPSA) is 32.8 Å². The molecule has 19 heavy (non-hydrogen) atoms. The molecule has 0 spiro atoms. The second-order valence-corrected chi connectivity index (χ2v) is 6.35. The summed E-state index contributed by atoms with van der Waals surface area (Å²) in [5.74, 6) is 0.185. The van der Waals surface area contributed by atoms with Crippen LogP contribution >= 0.6 is 11.3 Å². The maximum absolute atomic E-state index is 12.5. The molecule has 0 radical (unpaired) electrons. The highest BCUT2D eigenvalue weighted by Crippen LogP contribution is 2.25. The van der Waals surface area contributed by atoms with Crippen molar-refractivity contribution >= 4 is 17.2 Å². The summed E-state index contributed by atoms with van der Waals surface area (Å²) in [4.78, 5) is 17.7. The maximum Gasteiger partial charge on any atom is 0.264 e. The minimum absolute atomic E-state index is 0.185. The molecular formula is C14H20N2O2S. The van der Waals surface area contributed by atoms with Gasteiger partial charge in [-0.05, 0) is 37.4 Å². The largest absolute Gasteiger partial charge is 0.375 e. The summed E-state index contributed by atoms with van der Waals surface area (Å²) < 4.78 is 5.82. The Morgan fingerprint density at radius 1 is 1.47 bits per heavy atom. The van der Waals surface area contributed by atoms with Crippen molar-refractivity contribution in [3.63, 3.8) is 0 Å². The minimum atomic E-state index is 0.185. The lowest BCUT2D eigenvalue weighted by molar-refractivity contribution is -0.0893. The molecule has 0 unspecified atom stereocenters. The van der Waals surface area contributed by atoms with Gasteiger partial charge in [0.1, 0.15) is 0 Å². The minimum Gasteiger partial charge on any atom is -0.375 e. The first-order valence-electron chi connectivity index (χ1n) is 6.82. The molecule has 0 N–H and O–H groups in total. The summed E-state index contributed by atoms with van der Waals surface area (Å²) in [5, 5.41) is 1.99. The van der Waals surface area contributed by atoms with Crippen molar-refractivity contribution in [1.82, 2.24) is 9.80 Å². The monoisotopic (exact) mass is 280 g/mol. The molecule has 104 valence electrons. The van der Waals surface area contributed by atoms with E-state index in [4.69, 9.17) is 4.74 Å². The molecule has 2 aliphatic heterocycles. The molecule has 4 nitrogen and oxygen atoms in total. The molecule has 3 heterocycles. The summed E-state index contributed by atoms with van der Waals surface area (Å²) >= 11 is 1.55. The van der Waals surface area contributed by atoms with Gasteiger partial charge in [0, 0.05) is 19.6 Å². The number of hydrogen-bond donors (Lipinski definition) is 0. The van der Waals surface area contributed by atoms with Crippen LogP contribution in [0.15, 0.2) is 11.4 Å². The molecule has 0 saturated carbocycles. The van der Waals surface area contributed by atoms with E-state index in [9.17, 15) is 4.79 Å². The number of likely N-dealkylation sites (N-methyl/N-ethyl adjacent to an activating group) is 1. The Balaban J connectivity index is 1.73. The Morgan fingerprint density at radius 2 is 2.32 bits per heavy atom. The van der Waals surface area contributed by atoms with Crippen LogP contribution in [-0.4, -0.2) is 61.1 Å². The van der Waals surface area contributed by atoms with Crippen molar-refractivity contribution in [2.45, 2.75) is 25.5 Å². The van der Waals surface area contributed by atoms with Crippen LogP contribution in [0.5, 0.6) is 0 Å². The summed E-state index contributed by atoms with van der Waals surface area (Å²) in [5.41, 5.74) is 1.09. The summed E-state index contributed by atoms with van der Waals surface area (Å²) in [6.45, 7) is 5.38. The van der Waals surface area contributed by atoms with Crippen LogP contribution in [-0.2, 0) is 4.74 Å². The number of aryl methyl sites for hydroxylation is 1. The predicted octanol–water partition coefficient (Wildman–Crippen LogP) is 1.60. The lowest BCUT2D eigenvalue weighted by Crippen LogP contribution is -2.59. The molecule has 1 amide bonds. The van der Waals surface area contributed by atoms with E-state index < -0.39 is 0 Å². The number of fused-ring (bicyclic) bond motifs is 1. The molecular weight excluding hydrogens is 260 g/mol. The Morgan fingerprint density at radius 3 is 3.05 bits per heavy atom. The van der Waals surface area contributed by atoms with Crippen LogP contribution < -0.4 is 0 Å². The highest BCUT2D eigenvalue weighted by molar-refractivity contribution is 7.12. The molecule has 5 heteroatoms. The average molecular weight is 280 g/mol. The number of likely N-dealkylation sites (tertiary alicyclic amines) is 1. The van der Waals surface area contributed by atoms with Gasteiger partial charge in [0.2, 0.25) is 0 Å². The Labute approximate surface area is 118 Å². The number of carbonyl (C=O) groups is 1. The molecule has 2 atom stereocenters. The van der Waals surface area contributed by atoms with E-state index in [2.05, 4.69) is 11.9 Å². The van der Waals surface area contributed by atoms with Gasteiger partial charge >= 0.3 is 0 Å². The quantitative estimate of drug-likeness (QED) is 0.783. The third-order valence-electron chi connectivity index (χ3n) is 4.21. The molecule has 0 aromatic carbocycles. The third-order valence-corrected chi connectivity index (χ3v) is 5.21. The first-order chi connectivity index (χ1) is 9.16. The summed E-state index contributed by atoms with van der Waals surface area (Å²) in [6, 6.07) is 2.37. The second kappa shape index (κ2) is 5.23. The first-order valence-corrected chi connectivity index (χ1v) is 7.70. The van der Waals surface area contributed by atoms with Crippen LogP contribution in [0.4, 0.5) is 0 Å². The molecule has 1 aromatic rings. The predicted molar refractivity (Wildman–Crippen MR) is 75.7 cm³/mol. The van der Waals surface area contributed by atoms with E-state index in [1.807, 2.05) is 23.3 Å². The number of thiophene rings is 1. The Hall–Kier alpha value is -0.910. The third kappa shape index (κ3) is 2.42. The molecule has 0 aliphatic carbocycles. The number of morpholine rings is 1. The van der Waals surface area contributed by atoms with Gasteiger partial charge in [0.15, 0.2) is 0 Å². The van der Waals surface area contributed by atoms with Crippen molar-refractivity contribution in [2.75, 3.05) is 33.3 Å². The van der Waals surface area contributed by atoms with Gasteiger partial charge in [0.05, 0.1) is 23.6 Å². The lowest BCUT2D eigenvalue weighted by atomic mass is 9.99.